The van der Waals surface area contributed by atoms with Crippen LogP contribution in [0.4, 0.5) is 10.5 Å². The standard InChI is InChI=1S/C15H22N4O2.ClH/c1-11(16)14(20)19-9-7-13(8-10-19)18-15(21)17-12-5-3-2-4-6-12;/h2-6,11,13H,7-10,16H2,1H3,(H2,17,18,21);1H/t11-;/m0./s1. The van der Waals surface area contributed by atoms with Gasteiger partial charge in [-0.15, -0.1) is 12.4 Å². The number of nitrogens with one attached hydrogen (secondary N) is 2. The third-order valence-electron chi connectivity index (χ3n) is 3.56. The van der Waals surface area contributed by atoms with Crippen molar-refractivity contribution < 1.29 is 9.59 Å². The molecule has 0 bridgehead atoms. The molecule has 1 heterocycles. The first-order chi connectivity index (χ1) is 10.1. The molecule has 2 rings (SSSR count). The first kappa shape index (κ1) is 18.3. The highest BCUT2D eigenvalue weighted by molar-refractivity contribution is 5.89. The fraction of sp³-hybridized carbons (Fsp3) is 0.467. The van der Waals surface area contributed by atoms with Crippen LogP contribution in [0.3, 0.4) is 0 Å². The zero-order valence-corrected chi connectivity index (χ0v) is 13.4. The van der Waals surface area contributed by atoms with Crippen molar-refractivity contribution in [3.63, 3.8) is 0 Å². The molecule has 0 spiro atoms. The number of halogens is 1. The number of urea groups is 1. The molecule has 1 fully saturated rings. The van der Waals surface area contributed by atoms with Crippen molar-refractivity contribution in [2.45, 2.75) is 31.8 Å². The minimum absolute atomic E-state index is 0. The molecular formula is C15H23ClN4O2. The van der Waals surface area contributed by atoms with E-state index in [0.29, 0.717) is 13.1 Å². The van der Waals surface area contributed by atoms with Crippen LogP contribution in [0.2, 0.25) is 0 Å². The second-order valence-corrected chi connectivity index (χ2v) is 5.35. The molecule has 7 heteroatoms. The largest absolute Gasteiger partial charge is 0.341 e. The maximum Gasteiger partial charge on any atom is 0.319 e. The predicted molar refractivity (Wildman–Crippen MR) is 89.1 cm³/mol. The average Bonchev–Trinajstić information content (AvgIpc) is 2.48. The normalized spacial score (nSPS) is 16.4. The van der Waals surface area contributed by atoms with Crippen molar-refractivity contribution >= 4 is 30.0 Å². The summed E-state index contributed by atoms with van der Waals surface area (Å²) in [5, 5.41) is 5.73. The van der Waals surface area contributed by atoms with Gasteiger partial charge in [0.25, 0.3) is 0 Å². The number of benzene rings is 1. The van der Waals surface area contributed by atoms with Gasteiger partial charge in [-0.25, -0.2) is 4.79 Å². The van der Waals surface area contributed by atoms with Crippen LogP contribution in [0.25, 0.3) is 0 Å². The van der Waals surface area contributed by atoms with Crippen molar-refractivity contribution in [1.82, 2.24) is 10.2 Å². The number of hydrogen-bond donors (Lipinski definition) is 3. The molecular weight excluding hydrogens is 304 g/mol. The molecule has 1 aromatic rings. The summed E-state index contributed by atoms with van der Waals surface area (Å²) in [4.78, 5) is 25.4. The average molecular weight is 327 g/mol. The Balaban J connectivity index is 0.00000242. The van der Waals surface area contributed by atoms with E-state index < -0.39 is 6.04 Å². The van der Waals surface area contributed by atoms with Crippen LogP contribution in [-0.4, -0.2) is 42.0 Å². The van der Waals surface area contributed by atoms with Gasteiger partial charge in [-0.2, -0.15) is 0 Å². The molecule has 0 unspecified atom stereocenters. The van der Waals surface area contributed by atoms with E-state index in [1.807, 2.05) is 30.3 Å². The number of para-hydroxylation sites is 1. The van der Waals surface area contributed by atoms with Crippen LogP contribution in [0.15, 0.2) is 30.3 Å². The minimum Gasteiger partial charge on any atom is -0.341 e. The van der Waals surface area contributed by atoms with Gasteiger partial charge >= 0.3 is 6.03 Å². The Kier molecular flexibility index (Phi) is 7.14. The summed E-state index contributed by atoms with van der Waals surface area (Å²) in [6, 6.07) is 8.72. The molecule has 1 aliphatic heterocycles. The quantitative estimate of drug-likeness (QED) is 0.788. The van der Waals surface area contributed by atoms with Gasteiger partial charge in [-0.1, -0.05) is 18.2 Å². The SMILES string of the molecule is C[C@H](N)C(=O)N1CCC(NC(=O)Nc2ccccc2)CC1.Cl. The van der Waals surface area contributed by atoms with Gasteiger partial charge in [0.05, 0.1) is 6.04 Å². The second-order valence-electron chi connectivity index (χ2n) is 5.35. The summed E-state index contributed by atoms with van der Waals surface area (Å²) in [7, 11) is 0. The Morgan fingerprint density at radius 3 is 2.36 bits per heavy atom. The molecule has 0 saturated carbocycles. The summed E-state index contributed by atoms with van der Waals surface area (Å²) in [6.45, 7) is 2.97. The van der Waals surface area contributed by atoms with E-state index in [0.717, 1.165) is 18.5 Å². The lowest BCUT2D eigenvalue weighted by molar-refractivity contribution is -0.133. The molecule has 4 N–H and O–H groups in total. The Labute approximate surface area is 136 Å². The number of carbonyl (C=O) groups excluding carboxylic acids is 2. The molecule has 22 heavy (non-hydrogen) atoms. The topological polar surface area (TPSA) is 87.5 Å². The lowest BCUT2D eigenvalue weighted by Crippen LogP contribution is -2.50. The van der Waals surface area contributed by atoms with E-state index in [4.69, 9.17) is 5.73 Å². The number of amides is 3. The van der Waals surface area contributed by atoms with Crippen molar-refractivity contribution in [2.75, 3.05) is 18.4 Å². The predicted octanol–water partition coefficient (Wildman–Crippen LogP) is 1.57. The van der Waals surface area contributed by atoms with Crippen LogP contribution in [0.1, 0.15) is 19.8 Å². The number of likely N-dealkylation sites (tertiary alicyclic amines) is 1. The van der Waals surface area contributed by atoms with Crippen molar-refractivity contribution in [3.8, 4) is 0 Å². The first-order valence-corrected chi connectivity index (χ1v) is 7.23. The second kappa shape index (κ2) is 8.60. The summed E-state index contributed by atoms with van der Waals surface area (Å²) in [5.74, 6) is -0.0258. The number of hydrogen-bond acceptors (Lipinski definition) is 3. The van der Waals surface area contributed by atoms with Gasteiger partial charge in [0, 0.05) is 24.8 Å². The molecule has 1 atom stereocenters. The van der Waals surface area contributed by atoms with Gasteiger partial charge in [0.1, 0.15) is 0 Å². The smallest absolute Gasteiger partial charge is 0.319 e. The van der Waals surface area contributed by atoms with E-state index in [2.05, 4.69) is 10.6 Å². The molecule has 1 aromatic carbocycles. The first-order valence-electron chi connectivity index (χ1n) is 7.23. The lowest BCUT2D eigenvalue weighted by Gasteiger charge is -2.33. The fourth-order valence-corrected chi connectivity index (χ4v) is 2.41. The number of piperidine rings is 1. The molecule has 6 nitrogen and oxygen atoms in total. The summed E-state index contributed by atoms with van der Waals surface area (Å²) >= 11 is 0. The fourth-order valence-electron chi connectivity index (χ4n) is 2.41. The Bertz CT molecular complexity index is 488. The Morgan fingerprint density at radius 2 is 1.82 bits per heavy atom. The molecule has 0 aromatic heterocycles. The zero-order valence-electron chi connectivity index (χ0n) is 12.6. The molecule has 0 aliphatic carbocycles. The van der Waals surface area contributed by atoms with Gasteiger partial charge in [-0.3, -0.25) is 4.79 Å². The third-order valence-corrected chi connectivity index (χ3v) is 3.56. The van der Waals surface area contributed by atoms with Crippen molar-refractivity contribution in [1.29, 1.82) is 0 Å². The highest BCUT2D eigenvalue weighted by Gasteiger charge is 2.25. The lowest BCUT2D eigenvalue weighted by atomic mass is 10.0. The summed E-state index contributed by atoms with van der Waals surface area (Å²) in [5.41, 5.74) is 6.36. The summed E-state index contributed by atoms with van der Waals surface area (Å²) < 4.78 is 0. The minimum atomic E-state index is -0.462. The van der Waals surface area contributed by atoms with E-state index >= 15 is 0 Å². The van der Waals surface area contributed by atoms with Gasteiger partial charge in [0.15, 0.2) is 0 Å². The van der Waals surface area contributed by atoms with Crippen LogP contribution in [-0.2, 0) is 4.79 Å². The number of anilines is 1. The molecule has 3 amide bonds. The van der Waals surface area contributed by atoms with E-state index in [9.17, 15) is 9.59 Å². The highest BCUT2D eigenvalue weighted by Crippen LogP contribution is 2.12. The molecule has 1 aliphatic rings. The van der Waals surface area contributed by atoms with Gasteiger partial charge in [-0.05, 0) is 31.9 Å². The van der Waals surface area contributed by atoms with Crippen LogP contribution < -0.4 is 16.4 Å². The zero-order chi connectivity index (χ0) is 15.2. The number of nitrogens with zero attached hydrogens (tertiary/aromatic N) is 1. The number of carbonyl (C=O) groups is 2. The molecule has 0 radical (unpaired) electrons. The van der Waals surface area contributed by atoms with Crippen molar-refractivity contribution in [3.05, 3.63) is 30.3 Å². The molecule has 122 valence electrons. The maximum absolute atomic E-state index is 11.9. The number of rotatable bonds is 3. The number of nitrogens with two attached hydrogens (primary N) is 1. The van der Waals surface area contributed by atoms with Crippen molar-refractivity contribution in [2.24, 2.45) is 5.73 Å². The maximum atomic E-state index is 11.9. The van der Waals surface area contributed by atoms with E-state index in [-0.39, 0.29) is 30.4 Å². The molecule has 1 saturated heterocycles. The Hall–Kier alpha value is -1.79. The van der Waals surface area contributed by atoms with Gasteiger partial charge < -0.3 is 21.3 Å². The highest BCUT2D eigenvalue weighted by atomic mass is 35.5. The monoisotopic (exact) mass is 326 g/mol. The van der Waals surface area contributed by atoms with E-state index in [1.165, 1.54) is 0 Å². The third kappa shape index (κ3) is 5.20. The summed E-state index contributed by atoms with van der Waals surface area (Å²) in [6.07, 6.45) is 1.50. The van der Waals surface area contributed by atoms with Gasteiger partial charge in [0.2, 0.25) is 5.91 Å². The van der Waals surface area contributed by atoms with Crippen LogP contribution in [0, 0.1) is 0 Å². The van der Waals surface area contributed by atoms with Crippen LogP contribution in [0.5, 0.6) is 0 Å². The Morgan fingerprint density at radius 1 is 1.23 bits per heavy atom. The van der Waals surface area contributed by atoms with E-state index in [1.54, 1.807) is 11.8 Å². The van der Waals surface area contributed by atoms with Crippen LogP contribution >= 0.6 is 12.4 Å².